The summed E-state index contributed by atoms with van der Waals surface area (Å²) in [4.78, 5) is 0. The lowest BCUT2D eigenvalue weighted by molar-refractivity contribution is 0.186. The molecule has 1 nitrogen and oxygen atoms in total. The van der Waals surface area contributed by atoms with E-state index in [0.29, 0.717) is 12.5 Å². The normalized spacial score (nSPS) is 30.9. The van der Waals surface area contributed by atoms with Crippen molar-refractivity contribution in [3.63, 3.8) is 0 Å². The zero-order valence-electron chi connectivity index (χ0n) is 11.0. The molecule has 2 aliphatic carbocycles. The van der Waals surface area contributed by atoms with Gasteiger partial charge in [-0.2, -0.15) is 0 Å². The molecule has 2 fully saturated rings. The van der Waals surface area contributed by atoms with E-state index in [1.807, 2.05) is 0 Å². The minimum absolute atomic E-state index is 0.0825. The molecule has 0 spiro atoms. The second kappa shape index (κ2) is 5.34. The van der Waals surface area contributed by atoms with Crippen LogP contribution in [0, 0.1) is 17.8 Å². The summed E-state index contributed by atoms with van der Waals surface area (Å²) in [5.74, 6) is 2.24. The van der Waals surface area contributed by atoms with E-state index in [4.69, 9.17) is 5.73 Å². The van der Waals surface area contributed by atoms with Crippen LogP contribution in [0.25, 0.3) is 0 Å². The van der Waals surface area contributed by atoms with Gasteiger partial charge in [0.2, 0.25) is 0 Å². The Balaban J connectivity index is 2.20. The number of hydrogen-bond acceptors (Lipinski definition) is 1. The van der Waals surface area contributed by atoms with Gasteiger partial charge in [-0.15, -0.1) is 0 Å². The van der Waals surface area contributed by atoms with Crippen LogP contribution in [-0.4, -0.2) is 6.54 Å². The molecule has 0 heterocycles. The van der Waals surface area contributed by atoms with Gasteiger partial charge in [-0.3, -0.25) is 0 Å². The summed E-state index contributed by atoms with van der Waals surface area (Å²) in [6.45, 7) is 4.23. The van der Waals surface area contributed by atoms with Gasteiger partial charge in [0.15, 0.2) is 0 Å². The quantitative estimate of drug-likeness (QED) is 0.720. The van der Waals surface area contributed by atoms with Gasteiger partial charge in [0.05, 0.1) is 5.83 Å². The van der Waals surface area contributed by atoms with E-state index in [-0.39, 0.29) is 5.83 Å². The molecule has 2 aliphatic rings. The van der Waals surface area contributed by atoms with Crippen LogP contribution in [0.2, 0.25) is 0 Å². The van der Waals surface area contributed by atoms with Crippen LogP contribution in [-0.2, 0) is 0 Å². The van der Waals surface area contributed by atoms with E-state index in [2.05, 4.69) is 6.92 Å². The number of nitrogens with two attached hydrogens (primary N) is 1. The van der Waals surface area contributed by atoms with Crippen LogP contribution in [0.5, 0.6) is 0 Å². The molecule has 2 N–H and O–H groups in total. The topological polar surface area (TPSA) is 26.0 Å². The maximum absolute atomic E-state index is 13.2. The summed E-state index contributed by atoms with van der Waals surface area (Å²) in [6.07, 6.45) is 8.02. The van der Waals surface area contributed by atoms with Gasteiger partial charge >= 0.3 is 0 Å². The zero-order chi connectivity index (χ0) is 12.4. The van der Waals surface area contributed by atoms with Crippen LogP contribution in [0.3, 0.4) is 0 Å². The molecule has 96 valence electrons. The Labute approximate surface area is 104 Å². The summed E-state index contributed by atoms with van der Waals surface area (Å²) in [5, 5.41) is 0. The van der Waals surface area contributed by atoms with Gasteiger partial charge in [0.1, 0.15) is 0 Å². The smallest absolute Gasteiger partial charge is 0.0971 e. The maximum atomic E-state index is 13.2. The minimum atomic E-state index is -0.0825. The molecule has 0 aromatic heterocycles. The van der Waals surface area contributed by atoms with Crippen molar-refractivity contribution in [3.05, 3.63) is 23.0 Å². The van der Waals surface area contributed by atoms with Crippen LogP contribution in [0.4, 0.5) is 4.39 Å². The van der Waals surface area contributed by atoms with E-state index in [1.165, 1.54) is 43.8 Å². The van der Waals surface area contributed by atoms with Gasteiger partial charge < -0.3 is 5.73 Å². The predicted octanol–water partition coefficient (Wildman–Crippen LogP) is 3.96. The Hall–Kier alpha value is -0.630. The van der Waals surface area contributed by atoms with E-state index in [0.717, 1.165) is 18.3 Å². The SMILES string of the molecule is CC/C(CN)=C(\C=C(/C)F)C1CCC1C1CC1. The number of rotatable bonds is 5. The van der Waals surface area contributed by atoms with Crippen molar-refractivity contribution in [2.75, 3.05) is 6.54 Å². The van der Waals surface area contributed by atoms with Gasteiger partial charge in [-0.1, -0.05) is 12.5 Å². The van der Waals surface area contributed by atoms with E-state index >= 15 is 0 Å². The fourth-order valence-electron chi connectivity index (χ4n) is 3.15. The lowest BCUT2D eigenvalue weighted by Gasteiger charge is -2.39. The summed E-state index contributed by atoms with van der Waals surface area (Å²) in [7, 11) is 0. The van der Waals surface area contributed by atoms with Crippen LogP contribution >= 0.6 is 0 Å². The van der Waals surface area contributed by atoms with Crippen LogP contribution < -0.4 is 5.73 Å². The monoisotopic (exact) mass is 237 g/mol. The minimum Gasteiger partial charge on any atom is -0.327 e. The number of hydrogen-bond donors (Lipinski definition) is 1. The molecule has 2 saturated carbocycles. The molecule has 0 saturated heterocycles. The van der Waals surface area contributed by atoms with Crippen molar-refractivity contribution in [1.29, 1.82) is 0 Å². The average Bonchev–Trinajstić information content (AvgIpc) is 3.01. The molecule has 2 unspecified atom stereocenters. The Morgan fingerprint density at radius 2 is 2.00 bits per heavy atom. The van der Waals surface area contributed by atoms with E-state index in [9.17, 15) is 4.39 Å². The number of allylic oxidation sites excluding steroid dienone is 3. The van der Waals surface area contributed by atoms with Crippen molar-refractivity contribution < 1.29 is 4.39 Å². The highest BCUT2D eigenvalue weighted by molar-refractivity contribution is 5.32. The van der Waals surface area contributed by atoms with Crippen molar-refractivity contribution in [2.24, 2.45) is 23.5 Å². The Morgan fingerprint density at radius 3 is 2.35 bits per heavy atom. The van der Waals surface area contributed by atoms with Crippen LogP contribution in [0.15, 0.2) is 23.0 Å². The van der Waals surface area contributed by atoms with E-state index < -0.39 is 0 Å². The first-order chi connectivity index (χ1) is 8.17. The molecule has 0 radical (unpaired) electrons. The van der Waals surface area contributed by atoms with E-state index in [1.54, 1.807) is 6.08 Å². The maximum Gasteiger partial charge on any atom is 0.0971 e. The highest BCUT2D eigenvalue weighted by Crippen LogP contribution is 2.53. The van der Waals surface area contributed by atoms with Gasteiger partial charge in [-0.05, 0) is 68.4 Å². The third-order valence-electron chi connectivity index (χ3n) is 4.39. The van der Waals surface area contributed by atoms with Crippen molar-refractivity contribution in [2.45, 2.75) is 46.0 Å². The molecule has 0 bridgehead atoms. The molecule has 2 heteroatoms. The van der Waals surface area contributed by atoms with Gasteiger partial charge in [-0.25, -0.2) is 4.39 Å². The second-order valence-corrected chi connectivity index (χ2v) is 5.53. The standard InChI is InChI=1S/C15H24FN/c1-3-11(9-17)15(8-10(2)16)14-7-6-13(14)12-4-5-12/h8,12-14H,3-7,9,17H2,1-2H3/b10-8+,15-11-. The van der Waals surface area contributed by atoms with Crippen LogP contribution in [0.1, 0.15) is 46.0 Å². The highest BCUT2D eigenvalue weighted by Gasteiger charge is 2.43. The van der Waals surface area contributed by atoms with Crippen molar-refractivity contribution in [3.8, 4) is 0 Å². The fraction of sp³-hybridized carbons (Fsp3) is 0.733. The Kier molecular flexibility index (Phi) is 4.03. The third kappa shape index (κ3) is 2.79. The molecule has 0 aromatic carbocycles. The first-order valence-electron chi connectivity index (χ1n) is 6.93. The Bertz CT molecular complexity index is 329. The first-order valence-corrected chi connectivity index (χ1v) is 6.93. The summed E-state index contributed by atoms with van der Waals surface area (Å²) >= 11 is 0. The average molecular weight is 237 g/mol. The molecule has 2 rings (SSSR count). The third-order valence-corrected chi connectivity index (χ3v) is 4.39. The Morgan fingerprint density at radius 1 is 1.29 bits per heavy atom. The molecular formula is C15H24FN. The molecule has 17 heavy (non-hydrogen) atoms. The highest BCUT2D eigenvalue weighted by atomic mass is 19.1. The number of halogens is 1. The summed E-state index contributed by atoms with van der Waals surface area (Å²) in [6, 6.07) is 0. The predicted molar refractivity (Wildman–Crippen MR) is 70.2 cm³/mol. The summed E-state index contributed by atoms with van der Waals surface area (Å²) in [5.41, 5.74) is 8.27. The largest absolute Gasteiger partial charge is 0.327 e. The lowest BCUT2D eigenvalue weighted by atomic mass is 9.66. The molecule has 0 aromatic rings. The fourth-order valence-corrected chi connectivity index (χ4v) is 3.15. The van der Waals surface area contributed by atoms with Gasteiger partial charge in [0.25, 0.3) is 0 Å². The van der Waals surface area contributed by atoms with Crippen molar-refractivity contribution >= 4 is 0 Å². The van der Waals surface area contributed by atoms with Gasteiger partial charge in [0, 0.05) is 6.54 Å². The molecule has 2 atom stereocenters. The zero-order valence-corrected chi connectivity index (χ0v) is 11.0. The lowest BCUT2D eigenvalue weighted by Crippen LogP contribution is -2.30. The summed E-state index contributed by atoms with van der Waals surface area (Å²) < 4.78 is 13.2. The molecule has 0 amide bonds. The molecular weight excluding hydrogens is 213 g/mol. The molecule has 0 aliphatic heterocycles. The van der Waals surface area contributed by atoms with Crippen molar-refractivity contribution in [1.82, 2.24) is 0 Å². The second-order valence-electron chi connectivity index (χ2n) is 5.53. The first kappa shape index (κ1) is 12.8.